The van der Waals surface area contributed by atoms with Gasteiger partial charge in [-0.1, -0.05) is 0 Å². The molecule has 0 N–H and O–H groups in total. The largest absolute Gasteiger partial charge is 0.373 e. The zero-order valence-electron chi connectivity index (χ0n) is 11.8. The summed E-state index contributed by atoms with van der Waals surface area (Å²) < 4.78 is 5.72. The number of aromatic nitrogens is 1. The Bertz CT molecular complexity index is 395. The first-order valence-corrected chi connectivity index (χ1v) is 8.36. The molecule has 0 saturated carbocycles. The van der Waals surface area contributed by atoms with Gasteiger partial charge in [0.15, 0.2) is 0 Å². The quantitative estimate of drug-likeness (QED) is 0.595. The predicted octanol–water partition coefficient (Wildman–Crippen LogP) is 3.32. The van der Waals surface area contributed by atoms with Crippen LogP contribution >= 0.6 is 22.9 Å². The molecule has 5 heteroatoms. The van der Waals surface area contributed by atoms with Crippen molar-refractivity contribution in [3.05, 3.63) is 16.1 Å². The molecule has 0 spiro atoms. The highest BCUT2D eigenvalue weighted by atomic mass is 35.5. The number of morpholine rings is 1. The van der Waals surface area contributed by atoms with Gasteiger partial charge in [0.05, 0.1) is 28.8 Å². The van der Waals surface area contributed by atoms with Crippen LogP contribution < -0.4 is 0 Å². The minimum Gasteiger partial charge on any atom is -0.373 e. The van der Waals surface area contributed by atoms with Gasteiger partial charge in [-0.3, -0.25) is 4.90 Å². The van der Waals surface area contributed by atoms with Crippen molar-refractivity contribution < 1.29 is 4.74 Å². The fraction of sp³-hybridized carbons (Fsp3) is 0.786. The number of nitrogens with zero attached hydrogens (tertiary/aromatic N) is 2. The lowest BCUT2D eigenvalue weighted by Crippen LogP contribution is -2.48. The van der Waals surface area contributed by atoms with Gasteiger partial charge in [0.1, 0.15) is 0 Å². The minimum atomic E-state index is 0.0167. The topological polar surface area (TPSA) is 25.4 Å². The molecule has 3 nitrogen and oxygen atoms in total. The molecule has 1 aliphatic heterocycles. The van der Waals surface area contributed by atoms with Gasteiger partial charge in [-0.25, -0.2) is 4.98 Å². The molecule has 0 radical (unpaired) electrons. The van der Waals surface area contributed by atoms with Gasteiger partial charge in [0, 0.05) is 18.5 Å². The third-order valence-corrected chi connectivity index (χ3v) is 4.59. The highest BCUT2D eigenvalue weighted by Crippen LogP contribution is 2.18. The monoisotopic (exact) mass is 302 g/mol. The first kappa shape index (κ1) is 15.2. The van der Waals surface area contributed by atoms with Crippen LogP contribution in [0.5, 0.6) is 0 Å². The summed E-state index contributed by atoms with van der Waals surface area (Å²) in [6.45, 7) is 8.47. The number of unbranched alkanes of at least 4 members (excludes halogenated alkanes) is 1. The lowest BCUT2D eigenvalue weighted by molar-refractivity contribution is -0.0860. The number of hydrogen-bond donors (Lipinski definition) is 0. The third-order valence-electron chi connectivity index (χ3n) is 3.36. The number of halogens is 1. The molecule has 0 aliphatic carbocycles. The Morgan fingerprint density at radius 1 is 1.47 bits per heavy atom. The van der Waals surface area contributed by atoms with Gasteiger partial charge in [0.2, 0.25) is 0 Å². The second-order valence-corrected chi connectivity index (χ2v) is 6.92. The zero-order chi connectivity index (χ0) is 13.7. The molecule has 0 amide bonds. The van der Waals surface area contributed by atoms with Crippen molar-refractivity contribution in [3.63, 3.8) is 0 Å². The van der Waals surface area contributed by atoms with E-state index in [0.29, 0.717) is 5.88 Å². The van der Waals surface area contributed by atoms with Gasteiger partial charge in [-0.15, -0.1) is 22.9 Å². The number of alkyl halides is 1. The van der Waals surface area contributed by atoms with Crippen LogP contribution in [-0.2, 0) is 17.0 Å². The molecule has 108 valence electrons. The second kappa shape index (κ2) is 7.02. The van der Waals surface area contributed by atoms with Crippen molar-refractivity contribution in [2.45, 2.75) is 44.6 Å². The molecular formula is C14H23ClN2OS. The van der Waals surface area contributed by atoms with E-state index < -0.39 is 0 Å². The fourth-order valence-corrected chi connectivity index (χ4v) is 3.51. The summed E-state index contributed by atoms with van der Waals surface area (Å²) in [6.07, 6.45) is 3.51. The number of rotatable bonds is 6. The summed E-state index contributed by atoms with van der Waals surface area (Å²) in [5.74, 6) is 0.527. The molecule has 0 aromatic carbocycles. The molecule has 0 atom stereocenters. The lowest BCUT2D eigenvalue weighted by Gasteiger charge is -2.38. The van der Waals surface area contributed by atoms with Gasteiger partial charge in [-0.2, -0.15) is 0 Å². The average Bonchev–Trinajstić information content (AvgIpc) is 2.81. The van der Waals surface area contributed by atoms with Crippen molar-refractivity contribution in [2.24, 2.45) is 0 Å². The molecule has 1 aromatic rings. The number of ether oxygens (including phenoxy) is 1. The van der Waals surface area contributed by atoms with Crippen molar-refractivity contribution in [1.29, 1.82) is 0 Å². The lowest BCUT2D eigenvalue weighted by atomic mass is 10.1. The van der Waals surface area contributed by atoms with Gasteiger partial charge in [-0.05, 0) is 39.7 Å². The molecule has 1 aromatic heterocycles. The highest BCUT2D eigenvalue weighted by molar-refractivity contribution is 7.09. The maximum atomic E-state index is 5.76. The van der Waals surface area contributed by atoms with Crippen molar-refractivity contribution >= 4 is 22.9 Å². The Balaban J connectivity index is 1.64. The normalized spacial score (nSPS) is 19.7. The van der Waals surface area contributed by atoms with Gasteiger partial charge >= 0.3 is 0 Å². The van der Waals surface area contributed by atoms with Crippen molar-refractivity contribution in [3.8, 4) is 0 Å². The summed E-state index contributed by atoms with van der Waals surface area (Å²) in [7, 11) is 0. The Morgan fingerprint density at radius 3 is 3.00 bits per heavy atom. The summed E-state index contributed by atoms with van der Waals surface area (Å²) in [4.78, 5) is 7.00. The van der Waals surface area contributed by atoms with E-state index in [-0.39, 0.29) is 5.60 Å². The van der Waals surface area contributed by atoms with Crippen LogP contribution in [-0.4, -0.2) is 41.7 Å². The highest BCUT2D eigenvalue weighted by Gasteiger charge is 2.26. The Kier molecular flexibility index (Phi) is 5.63. The van der Waals surface area contributed by atoms with E-state index in [2.05, 4.69) is 29.1 Å². The molecule has 0 bridgehead atoms. The first-order valence-electron chi connectivity index (χ1n) is 6.95. The molecule has 1 aliphatic rings. The molecule has 2 rings (SSSR count). The third kappa shape index (κ3) is 5.03. The van der Waals surface area contributed by atoms with Gasteiger partial charge < -0.3 is 4.74 Å². The molecular weight excluding hydrogens is 280 g/mol. The van der Waals surface area contributed by atoms with E-state index >= 15 is 0 Å². The average molecular weight is 303 g/mol. The van der Waals surface area contributed by atoms with E-state index in [0.717, 1.165) is 31.8 Å². The molecule has 1 saturated heterocycles. The number of aryl methyl sites for hydroxylation is 1. The second-order valence-electron chi connectivity index (χ2n) is 5.71. The van der Waals surface area contributed by atoms with E-state index in [4.69, 9.17) is 16.3 Å². The van der Waals surface area contributed by atoms with Crippen molar-refractivity contribution in [2.75, 3.05) is 26.2 Å². The maximum Gasteiger partial charge on any atom is 0.0928 e. The van der Waals surface area contributed by atoms with Crippen molar-refractivity contribution in [1.82, 2.24) is 9.88 Å². The van der Waals surface area contributed by atoms with Crippen LogP contribution in [0.2, 0.25) is 0 Å². The summed E-state index contributed by atoms with van der Waals surface area (Å²) in [5, 5.41) is 3.28. The smallest absolute Gasteiger partial charge is 0.0928 e. The standard InChI is InChI=1S/C14H23ClN2OS/c1-14(2)11-17(7-8-18-14)6-4-3-5-13-16-12(9-15)10-19-13/h10H,3-9,11H2,1-2H3. The SMILES string of the molecule is CC1(C)CN(CCCCc2nc(CCl)cs2)CCO1. The predicted molar refractivity (Wildman–Crippen MR) is 81.1 cm³/mol. The molecule has 1 fully saturated rings. The van der Waals surface area contributed by atoms with E-state index in [1.807, 2.05) is 0 Å². The summed E-state index contributed by atoms with van der Waals surface area (Å²) in [6, 6.07) is 0. The van der Waals surface area contributed by atoms with E-state index in [1.54, 1.807) is 11.3 Å². The van der Waals surface area contributed by atoms with E-state index in [1.165, 1.54) is 24.4 Å². The molecule has 0 unspecified atom stereocenters. The maximum absolute atomic E-state index is 5.76. The Hall–Kier alpha value is -0.160. The van der Waals surface area contributed by atoms with Crippen LogP contribution in [0.3, 0.4) is 0 Å². The Morgan fingerprint density at radius 2 is 2.32 bits per heavy atom. The van der Waals surface area contributed by atoms with Gasteiger partial charge in [0.25, 0.3) is 0 Å². The summed E-state index contributed by atoms with van der Waals surface area (Å²) >= 11 is 7.49. The van der Waals surface area contributed by atoms with Crippen LogP contribution in [0, 0.1) is 0 Å². The Labute approximate surface area is 124 Å². The van der Waals surface area contributed by atoms with Crippen LogP contribution in [0.25, 0.3) is 0 Å². The zero-order valence-corrected chi connectivity index (χ0v) is 13.4. The molecule has 19 heavy (non-hydrogen) atoms. The fourth-order valence-electron chi connectivity index (χ4n) is 2.44. The first-order chi connectivity index (χ1) is 9.09. The number of thiazole rings is 1. The minimum absolute atomic E-state index is 0.0167. The van der Waals surface area contributed by atoms with E-state index in [9.17, 15) is 0 Å². The summed E-state index contributed by atoms with van der Waals surface area (Å²) in [5.41, 5.74) is 1.03. The van der Waals surface area contributed by atoms with Crippen LogP contribution in [0.1, 0.15) is 37.4 Å². The van der Waals surface area contributed by atoms with Crippen LogP contribution in [0.15, 0.2) is 5.38 Å². The molecule has 2 heterocycles. The number of hydrogen-bond acceptors (Lipinski definition) is 4. The van der Waals surface area contributed by atoms with Crippen LogP contribution in [0.4, 0.5) is 0 Å².